The van der Waals surface area contributed by atoms with Gasteiger partial charge in [0.15, 0.2) is 6.61 Å². The lowest BCUT2D eigenvalue weighted by atomic mass is 10.3. The Morgan fingerprint density at radius 3 is 2.94 bits per heavy atom. The highest BCUT2D eigenvalue weighted by molar-refractivity contribution is 5.77. The molecule has 0 heterocycles. The van der Waals surface area contributed by atoms with Gasteiger partial charge < -0.3 is 15.8 Å². The molecule has 0 saturated carbocycles. The Morgan fingerprint density at radius 2 is 2.24 bits per heavy atom. The van der Waals surface area contributed by atoms with Crippen LogP contribution in [0.25, 0.3) is 0 Å². The van der Waals surface area contributed by atoms with Crippen LogP contribution in [0, 0.1) is 11.8 Å². The standard InChI is InChI=1S/C13H16N2O2/c1-2-3-6-9-15-13(16)10-17-12-8-5-4-7-11(12)14/h4-5,7-8H,6,9-10,14H2,1H3,(H,15,16). The fraction of sp³-hybridized carbons (Fsp3) is 0.308. The fourth-order valence-electron chi connectivity index (χ4n) is 1.20. The predicted molar refractivity (Wildman–Crippen MR) is 67.4 cm³/mol. The van der Waals surface area contributed by atoms with E-state index in [9.17, 15) is 4.79 Å². The summed E-state index contributed by atoms with van der Waals surface area (Å²) in [6, 6.07) is 7.07. The van der Waals surface area contributed by atoms with Crippen molar-refractivity contribution in [1.29, 1.82) is 0 Å². The average molecular weight is 232 g/mol. The number of carbonyl (C=O) groups is 1. The molecule has 0 unspecified atom stereocenters. The largest absolute Gasteiger partial charge is 0.482 e. The molecule has 0 atom stereocenters. The molecule has 0 radical (unpaired) electrons. The number of ether oxygens (including phenoxy) is 1. The molecule has 0 aromatic heterocycles. The molecular weight excluding hydrogens is 216 g/mol. The molecular formula is C13H16N2O2. The Morgan fingerprint density at radius 1 is 1.47 bits per heavy atom. The van der Waals surface area contributed by atoms with Crippen LogP contribution >= 0.6 is 0 Å². The van der Waals surface area contributed by atoms with E-state index in [1.807, 2.05) is 6.07 Å². The molecule has 4 heteroatoms. The van der Waals surface area contributed by atoms with Gasteiger partial charge in [-0.25, -0.2) is 0 Å². The highest BCUT2D eigenvalue weighted by atomic mass is 16.5. The molecule has 0 fully saturated rings. The van der Waals surface area contributed by atoms with Crippen molar-refractivity contribution in [1.82, 2.24) is 5.32 Å². The molecule has 17 heavy (non-hydrogen) atoms. The van der Waals surface area contributed by atoms with Crippen LogP contribution in [0.3, 0.4) is 0 Å². The Kier molecular flexibility index (Phi) is 5.45. The van der Waals surface area contributed by atoms with Crippen molar-refractivity contribution >= 4 is 11.6 Å². The third kappa shape index (κ3) is 4.94. The first-order chi connectivity index (χ1) is 8.24. The summed E-state index contributed by atoms with van der Waals surface area (Å²) in [5.74, 6) is 5.97. The lowest BCUT2D eigenvalue weighted by molar-refractivity contribution is -0.123. The highest BCUT2D eigenvalue weighted by Gasteiger charge is 2.03. The van der Waals surface area contributed by atoms with Gasteiger partial charge in [-0.15, -0.1) is 11.8 Å². The molecule has 3 N–H and O–H groups in total. The van der Waals surface area contributed by atoms with E-state index >= 15 is 0 Å². The van der Waals surface area contributed by atoms with Gasteiger partial charge in [0.25, 0.3) is 5.91 Å². The van der Waals surface area contributed by atoms with Gasteiger partial charge in [0, 0.05) is 13.0 Å². The van der Waals surface area contributed by atoms with Crippen LogP contribution < -0.4 is 15.8 Å². The van der Waals surface area contributed by atoms with Gasteiger partial charge in [0.05, 0.1) is 5.69 Å². The minimum absolute atomic E-state index is 0.0340. The second-order valence-electron chi connectivity index (χ2n) is 3.35. The van der Waals surface area contributed by atoms with Crippen molar-refractivity contribution in [3.05, 3.63) is 24.3 Å². The first-order valence-corrected chi connectivity index (χ1v) is 5.37. The summed E-state index contributed by atoms with van der Waals surface area (Å²) < 4.78 is 5.28. The number of carbonyl (C=O) groups excluding carboxylic acids is 1. The average Bonchev–Trinajstić information content (AvgIpc) is 2.34. The summed E-state index contributed by atoms with van der Waals surface area (Å²) in [5.41, 5.74) is 6.20. The first kappa shape index (κ1) is 12.9. The van der Waals surface area contributed by atoms with Gasteiger partial charge in [-0.3, -0.25) is 4.79 Å². The summed E-state index contributed by atoms with van der Waals surface area (Å²) in [6.07, 6.45) is 0.649. The van der Waals surface area contributed by atoms with E-state index in [2.05, 4.69) is 17.2 Å². The maximum atomic E-state index is 11.4. The van der Waals surface area contributed by atoms with E-state index in [0.29, 0.717) is 24.4 Å². The maximum Gasteiger partial charge on any atom is 0.257 e. The number of nitrogens with one attached hydrogen (secondary N) is 1. The Labute approximate surface area is 101 Å². The number of anilines is 1. The summed E-state index contributed by atoms with van der Waals surface area (Å²) in [4.78, 5) is 11.4. The molecule has 0 aliphatic heterocycles. The van der Waals surface area contributed by atoms with Gasteiger partial charge in [-0.2, -0.15) is 0 Å². The molecule has 0 bridgehead atoms. The number of benzene rings is 1. The molecule has 0 spiro atoms. The SMILES string of the molecule is CC#CCCNC(=O)COc1ccccc1N. The summed E-state index contributed by atoms with van der Waals surface area (Å²) in [6.45, 7) is 2.27. The van der Waals surface area contributed by atoms with Gasteiger partial charge in [0.2, 0.25) is 0 Å². The van der Waals surface area contributed by atoms with Crippen molar-refractivity contribution in [2.75, 3.05) is 18.9 Å². The van der Waals surface area contributed by atoms with E-state index in [-0.39, 0.29) is 12.5 Å². The van der Waals surface area contributed by atoms with Crippen LogP contribution in [0.5, 0.6) is 5.75 Å². The number of amides is 1. The fourth-order valence-corrected chi connectivity index (χ4v) is 1.20. The van der Waals surface area contributed by atoms with E-state index in [4.69, 9.17) is 10.5 Å². The summed E-state index contributed by atoms with van der Waals surface area (Å²) in [7, 11) is 0. The summed E-state index contributed by atoms with van der Waals surface area (Å²) >= 11 is 0. The third-order valence-electron chi connectivity index (χ3n) is 2.03. The van der Waals surface area contributed by atoms with Crippen molar-refractivity contribution in [2.24, 2.45) is 0 Å². The molecule has 1 rings (SSSR count). The van der Waals surface area contributed by atoms with Crippen LogP contribution in [0.4, 0.5) is 5.69 Å². The van der Waals surface area contributed by atoms with Crippen LogP contribution in [-0.4, -0.2) is 19.1 Å². The Hall–Kier alpha value is -2.15. The molecule has 0 saturated heterocycles. The first-order valence-electron chi connectivity index (χ1n) is 5.37. The molecule has 1 amide bonds. The third-order valence-corrected chi connectivity index (χ3v) is 2.03. The lowest BCUT2D eigenvalue weighted by Crippen LogP contribution is -2.29. The highest BCUT2D eigenvalue weighted by Crippen LogP contribution is 2.19. The number of rotatable bonds is 5. The number of nitrogen functional groups attached to an aromatic ring is 1. The monoisotopic (exact) mass is 232 g/mol. The zero-order valence-corrected chi connectivity index (χ0v) is 9.82. The molecule has 1 aromatic carbocycles. The maximum absolute atomic E-state index is 11.4. The normalized spacial score (nSPS) is 9.00. The van der Waals surface area contributed by atoms with Crippen LogP contribution in [0.1, 0.15) is 13.3 Å². The number of para-hydroxylation sites is 2. The summed E-state index contributed by atoms with van der Waals surface area (Å²) in [5, 5.41) is 2.70. The topological polar surface area (TPSA) is 64.3 Å². The van der Waals surface area contributed by atoms with E-state index in [0.717, 1.165) is 0 Å². The van der Waals surface area contributed by atoms with Gasteiger partial charge in [-0.1, -0.05) is 12.1 Å². The van der Waals surface area contributed by atoms with Crippen LogP contribution in [-0.2, 0) is 4.79 Å². The van der Waals surface area contributed by atoms with Gasteiger partial charge in [-0.05, 0) is 19.1 Å². The van der Waals surface area contributed by atoms with Crippen molar-refractivity contribution in [3.8, 4) is 17.6 Å². The van der Waals surface area contributed by atoms with E-state index in [1.54, 1.807) is 25.1 Å². The Balaban J connectivity index is 2.28. The van der Waals surface area contributed by atoms with Crippen molar-refractivity contribution in [2.45, 2.75) is 13.3 Å². The zero-order valence-electron chi connectivity index (χ0n) is 9.82. The van der Waals surface area contributed by atoms with Crippen LogP contribution in [0.2, 0.25) is 0 Å². The van der Waals surface area contributed by atoms with E-state index < -0.39 is 0 Å². The minimum atomic E-state index is -0.175. The van der Waals surface area contributed by atoms with Crippen molar-refractivity contribution < 1.29 is 9.53 Å². The van der Waals surface area contributed by atoms with Gasteiger partial charge in [0.1, 0.15) is 5.75 Å². The molecule has 4 nitrogen and oxygen atoms in total. The minimum Gasteiger partial charge on any atom is -0.482 e. The number of hydrogen-bond donors (Lipinski definition) is 2. The molecule has 0 aliphatic rings. The number of nitrogens with two attached hydrogens (primary N) is 1. The quantitative estimate of drug-likeness (QED) is 0.455. The molecule has 0 aliphatic carbocycles. The smallest absolute Gasteiger partial charge is 0.257 e. The van der Waals surface area contributed by atoms with Crippen LogP contribution in [0.15, 0.2) is 24.3 Å². The second kappa shape index (κ2) is 7.18. The zero-order chi connectivity index (χ0) is 12.5. The Bertz CT molecular complexity index is 433. The second-order valence-corrected chi connectivity index (χ2v) is 3.35. The molecule has 1 aromatic rings. The molecule has 90 valence electrons. The van der Waals surface area contributed by atoms with Crippen molar-refractivity contribution in [3.63, 3.8) is 0 Å². The predicted octanol–water partition coefficient (Wildman–Crippen LogP) is 1.18. The number of hydrogen-bond acceptors (Lipinski definition) is 3. The van der Waals surface area contributed by atoms with Gasteiger partial charge >= 0.3 is 0 Å². The van der Waals surface area contributed by atoms with E-state index in [1.165, 1.54) is 0 Å². The lowest BCUT2D eigenvalue weighted by Gasteiger charge is -2.08.